The smallest absolute Gasteiger partial charge is 0.257 e. The van der Waals surface area contributed by atoms with Gasteiger partial charge in [0.1, 0.15) is 0 Å². The second kappa shape index (κ2) is 9.04. The van der Waals surface area contributed by atoms with Crippen molar-refractivity contribution in [2.45, 2.75) is 20.4 Å². The first-order chi connectivity index (χ1) is 14.7. The molecule has 156 valence electrons. The van der Waals surface area contributed by atoms with Crippen LogP contribution in [0.2, 0.25) is 0 Å². The lowest BCUT2D eigenvalue weighted by atomic mass is 10.1. The number of aromatic nitrogens is 4. The first-order valence-corrected chi connectivity index (χ1v) is 10.2. The summed E-state index contributed by atoms with van der Waals surface area (Å²) in [4.78, 5) is 17.3. The van der Waals surface area contributed by atoms with E-state index in [2.05, 4.69) is 44.5 Å². The summed E-state index contributed by atoms with van der Waals surface area (Å²) in [5.41, 5.74) is 2.65. The highest BCUT2D eigenvalue weighted by molar-refractivity contribution is 5.95. The maximum absolute atomic E-state index is 13.1. The number of benzene rings is 1. The second-order valence-electron chi connectivity index (χ2n) is 7.27. The molecule has 1 aliphatic rings. The van der Waals surface area contributed by atoms with Gasteiger partial charge in [-0.05, 0) is 25.5 Å². The Morgan fingerprint density at radius 1 is 1.03 bits per heavy atom. The Bertz CT molecular complexity index is 979. The molecule has 2 aromatic heterocycles. The van der Waals surface area contributed by atoms with Crippen LogP contribution in [0.25, 0.3) is 5.82 Å². The van der Waals surface area contributed by atoms with E-state index >= 15 is 0 Å². The molecule has 1 saturated heterocycles. The zero-order chi connectivity index (χ0) is 20.9. The zero-order valence-electron chi connectivity index (χ0n) is 17.4. The molecule has 0 unspecified atom stereocenters. The van der Waals surface area contributed by atoms with Crippen molar-refractivity contribution in [2.24, 2.45) is 0 Å². The van der Waals surface area contributed by atoms with E-state index in [1.54, 1.807) is 23.0 Å². The Kier molecular flexibility index (Phi) is 6.04. The Labute approximate surface area is 176 Å². The van der Waals surface area contributed by atoms with Gasteiger partial charge >= 0.3 is 0 Å². The lowest BCUT2D eigenvalue weighted by Crippen LogP contribution is -2.48. The van der Waals surface area contributed by atoms with Crippen molar-refractivity contribution in [3.8, 4) is 11.7 Å². The molecular formula is C22H26N6O2. The topological polar surface area (TPSA) is 76.4 Å². The molecule has 0 saturated carbocycles. The third kappa shape index (κ3) is 4.33. The highest BCUT2D eigenvalue weighted by Gasteiger charge is 2.25. The summed E-state index contributed by atoms with van der Waals surface area (Å²) >= 11 is 0. The van der Waals surface area contributed by atoms with Gasteiger partial charge in [0.25, 0.3) is 5.91 Å². The van der Waals surface area contributed by atoms with Crippen molar-refractivity contribution >= 4 is 5.91 Å². The SMILES string of the molecule is CCOc1ccc(-n2ncc(C(=O)N3CCN(Cc4ccccc4)CC3)c2C)nn1. The fourth-order valence-electron chi connectivity index (χ4n) is 3.62. The van der Waals surface area contributed by atoms with Crippen molar-refractivity contribution in [3.63, 3.8) is 0 Å². The summed E-state index contributed by atoms with van der Waals surface area (Å²) in [6, 6.07) is 14.0. The molecule has 0 bridgehead atoms. The minimum Gasteiger partial charge on any atom is -0.477 e. The predicted octanol–water partition coefficient (Wildman–Crippen LogP) is 2.33. The molecule has 0 N–H and O–H groups in total. The van der Waals surface area contributed by atoms with Gasteiger partial charge in [-0.2, -0.15) is 5.10 Å². The summed E-state index contributed by atoms with van der Waals surface area (Å²) in [7, 11) is 0. The molecule has 3 aromatic rings. The largest absolute Gasteiger partial charge is 0.477 e. The van der Waals surface area contributed by atoms with Gasteiger partial charge in [0.05, 0.1) is 24.1 Å². The number of hydrogen-bond acceptors (Lipinski definition) is 6. The normalized spacial score (nSPS) is 14.7. The third-order valence-corrected chi connectivity index (χ3v) is 5.28. The fraction of sp³-hybridized carbons (Fsp3) is 0.364. The number of ether oxygens (including phenoxy) is 1. The van der Waals surface area contributed by atoms with Gasteiger partial charge in [-0.25, -0.2) is 4.68 Å². The highest BCUT2D eigenvalue weighted by Crippen LogP contribution is 2.17. The van der Waals surface area contributed by atoms with E-state index in [9.17, 15) is 4.79 Å². The van der Waals surface area contributed by atoms with Gasteiger partial charge in [-0.1, -0.05) is 30.3 Å². The minimum atomic E-state index is 0.0111. The molecule has 1 aliphatic heterocycles. The molecule has 8 nitrogen and oxygen atoms in total. The van der Waals surface area contributed by atoms with Crippen LogP contribution in [0.3, 0.4) is 0 Å². The van der Waals surface area contributed by atoms with Gasteiger partial charge in [0, 0.05) is 38.8 Å². The van der Waals surface area contributed by atoms with Gasteiger partial charge in [-0.3, -0.25) is 9.69 Å². The molecule has 30 heavy (non-hydrogen) atoms. The van der Waals surface area contributed by atoms with E-state index in [4.69, 9.17) is 4.74 Å². The minimum absolute atomic E-state index is 0.0111. The fourth-order valence-corrected chi connectivity index (χ4v) is 3.62. The number of rotatable bonds is 6. The second-order valence-corrected chi connectivity index (χ2v) is 7.27. The van der Waals surface area contributed by atoms with Crippen LogP contribution >= 0.6 is 0 Å². The molecule has 8 heteroatoms. The van der Waals surface area contributed by atoms with Crippen molar-refractivity contribution in [1.82, 2.24) is 29.8 Å². The van der Waals surface area contributed by atoms with Crippen LogP contribution in [0.1, 0.15) is 28.5 Å². The average molecular weight is 406 g/mol. The first-order valence-electron chi connectivity index (χ1n) is 10.2. The van der Waals surface area contributed by atoms with E-state index in [0.717, 1.165) is 25.3 Å². The maximum Gasteiger partial charge on any atom is 0.257 e. The van der Waals surface area contributed by atoms with Gasteiger partial charge in [0.15, 0.2) is 5.82 Å². The molecule has 1 fully saturated rings. The van der Waals surface area contributed by atoms with Crippen LogP contribution in [-0.4, -0.2) is 68.5 Å². The van der Waals surface area contributed by atoms with Gasteiger partial charge in [-0.15, -0.1) is 10.2 Å². The quantitative estimate of drug-likeness (QED) is 0.625. The van der Waals surface area contributed by atoms with Crippen molar-refractivity contribution in [2.75, 3.05) is 32.8 Å². The van der Waals surface area contributed by atoms with Crippen molar-refractivity contribution < 1.29 is 9.53 Å². The molecule has 0 spiro atoms. The Hall–Kier alpha value is -3.26. The molecule has 0 atom stereocenters. The van der Waals surface area contributed by atoms with Gasteiger partial charge < -0.3 is 9.64 Å². The standard InChI is InChI=1S/C22H26N6O2/c1-3-30-21-10-9-20(24-25-21)28-17(2)19(15-23-28)22(29)27-13-11-26(12-14-27)16-18-7-5-4-6-8-18/h4-10,15H,3,11-14,16H2,1-2H3. The van der Waals surface area contributed by atoms with Crippen LogP contribution in [0.4, 0.5) is 0 Å². The van der Waals surface area contributed by atoms with E-state index in [1.807, 2.05) is 24.8 Å². The number of piperazine rings is 1. The lowest BCUT2D eigenvalue weighted by Gasteiger charge is -2.34. The van der Waals surface area contributed by atoms with Crippen molar-refractivity contribution in [3.05, 3.63) is 65.5 Å². The predicted molar refractivity (Wildman–Crippen MR) is 113 cm³/mol. The van der Waals surface area contributed by atoms with E-state index in [-0.39, 0.29) is 5.91 Å². The summed E-state index contributed by atoms with van der Waals surface area (Å²) in [6.07, 6.45) is 1.62. The zero-order valence-corrected chi connectivity index (χ0v) is 17.4. The summed E-state index contributed by atoms with van der Waals surface area (Å²) < 4.78 is 6.97. The molecule has 0 aliphatic carbocycles. The Morgan fingerprint density at radius 3 is 2.47 bits per heavy atom. The average Bonchev–Trinajstić information content (AvgIpc) is 3.16. The lowest BCUT2D eigenvalue weighted by molar-refractivity contribution is 0.0627. The van der Waals surface area contributed by atoms with Crippen LogP contribution in [0.15, 0.2) is 48.7 Å². The monoisotopic (exact) mass is 406 g/mol. The molecule has 3 heterocycles. The highest BCUT2D eigenvalue weighted by atomic mass is 16.5. The molecule has 1 amide bonds. The number of carbonyl (C=O) groups excluding carboxylic acids is 1. The number of carbonyl (C=O) groups is 1. The molecular weight excluding hydrogens is 380 g/mol. The maximum atomic E-state index is 13.1. The summed E-state index contributed by atoms with van der Waals surface area (Å²) in [5, 5.41) is 12.6. The van der Waals surface area contributed by atoms with Gasteiger partial charge in [0.2, 0.25) is 5.88 Å². The number of amides is 1. The number of nitrogens with zero attached hydrogens (tertiary/aromatic N) is 6. The van der Waals surface area contributed by atoms with E-state index in [1.165, 1.54) is 5.56 Å². The van der Waals surface area contributed by atoms with E-state index < -0.39 is 0 Å². The van der Waals surface area contributed by atoms with Crippen molar-refractivity contribution in [1.29, 1.82) is 0 Å². The molecule has 0 radical (unpaired) electrons. The number of hydrogen-bond donors (Lipinski definition) is 0. The van der Waals surface area contributed by atoms with Crippen LogP contribution < -0.4 is 4.74 Å². The Morgan fingerprint density at radius 2 is 1.80 bits per heavy atom. The summed E-state index contributed by atoms with van der Waals surface area (Å²) in [5.74, 6) is 1.04. The van der Waals surface area contributed by atoms with E-state index in [0.29, 0.717) is 37.0 Å². The third-order valence-electron chi connectivity index (χ3n) is 5.28. The summed E-state index contributed by atoms with van der Waals surface area (Å²) in [6.45, 7) is 8.35. The van der Waals surface area contributed by atoms with Crippen LogP contribution in [-0.2, 0) is 6.54 Å². The van der Waals surface area contributed by atoms with Crippen LogP contribution in [0, 0.1) is 6.92 Å². The van der Waals surface area contributed by atoms with Crippen LogP contribution in [0.5, 0.6) is 5.88 Å². The Balaban J connectivity index is 1.39. The molecule has 4 rings (SSSR count). The first kappa shape index (κ1) is 20.0. The molecule has 1 aromatic carbocycles.